The van der Waals surface area contributed by atoms with Crippen molar-refractivity contribution in [3.8, 4) is 33.6 Å². The Bertz CT molecular complexity index is 3540. The molecule has 13 rings (SSSR count). The van der Waals surface area contributed by atoms with Gasteiger partial charge < -0.3 is 13.6 Å². The van der Waals surface area contributed by atoms with Crippen LogP contribution in [0.3, 0.4) is 0 Å². The highest BCUT2D eigenvalue weighted by Gasteiger charge is 2.27. The molecule has 12 aromatic rings. The molecule has 0 saturated heterocycles. The van der Waals surface area contributed by atoms with Gasteiger partial charge >= 0.3 is 0 Å². The van der Waals surface area contributed by atoms with Crippen LogP contribution in [0.25, 0.3) is 121 Å². The van der Waals surface area contributed by atoms with Gasteiger partial charge in [-0.05, 0) is 69.4 Å². The fourth-order valence-corrected chi connectivity index (χ4v) is 9.75. The van der Waals surface area contributed by atoms with Crippen molar-refractivity contribution in [1.29, 1.82) is 0 Å². The summed E-state index contributed by atoms with van der Waals surface area (Å²) in [5.74, 6) is 0. The first-order valence-corrected chi connectivity index (χ1v) is 18.3. The van der Waals surface area contributed by atoms with Gasteiger partial charge in [0, 0.05) is 43.1 Å². The van der Waals surface area contributed by atoms with Crippen molar-refractivity contribution in [2.45, 2.75) is 0 Å². The van der Waals surface area contributed by atoms with Crippen LogP contribution in [-0.2, 0) is 0 Å². The number of hydrogen-bond donors (Lipinski definition) is 0. The Morgan fingerprint density at radius 3 is 1.83 bits per heavy atom. The van der Waals surface area contributed by atoms with E-state index in [0.717, 1.165) is 27.5 Å². The number of fused-ring (bicyclic) bond motifs is 15. The van der Waals surface area contributed by atoms with Gasteiger partial charge in [-0.1, -0.05) is 133 Å². The Kier molecular flexibility index (Phi) is 5.11. The molecule has 0 saturated carbocycles. The monoisotopic (exact) mass is 672 g/mol. The SMILES string of the molecule is c1ccc2c(c1)-c1cccc3c(-n4c5ccc6oc7ccccc7c6c5c5ccc6c7ccccc7n(-c7cccc8ccccc78)c6c54)ccc-2c13. The van der Waals surface area contributed by atoms with Crippen molar-refractivity contribution in [3.63, 3.8) is 0 Å². The number of para-hydroxylation sites is 2. The number of hydrogen-bond acceptors (Lipinski definition) is 1. The second-order valence-corrected chi connectivity index (χ2v) is 14.4. The fourth-order valence-electron chi connectivity index (χ4n) is 9.75. The lowest BCUT2D eigenvalue weighted by molar-refractivity contribution is 0.669. The summed E-state index contributed by atoms with van der Waals surface area (Å²) in [6, 6.07) is 62.2. The molecule has 0 N–H and O–H groups in total. The van der Waals surface area contributed by atoms with Gasteiger partial charge in [0.25, 0.3) is 0 Å². The first-order chi connectivity index (χ1) is 26.3. The van der Waals surface area contributed by atoms with Crippen LogP contribution in [0.4, 0.5) is 0 Å². The molecule has 3 aromatic heterocycles. The summed E-state index contributed by atoms with van der Waals surface area (Å²) in [6.07, 6.45) is 0. The molecule has 0 atom stereocenters. The lowest BCUT2D eigenvalue weighted by atomic mass is 10.0. The molecule has 9 aromatic carbocycles. The van der Waals surface area contributed by atoms with Gasteiger partial charge in [-0.25, -0.2) is 0 Å². The van der Waals surface area contributed by atoms with Gasteiger partial charge in [-0.2, -0.15) is 0 Å². The van der Waals surface area contributed by atoms with Crippen LogP contribution in [0.1, 0.15) is 0 Å². The lowest BCUT2D eigenvalue weighted by Gasteiger charge is -2.16. The Labute approximate surface area is 303 Å². The predicted octanol–water partition coefficient (Wildman–Crippen LogP) is 13.7. The van der Waals surface area contributed by atoms with Crippen molar-refractivity contribution in [1.82, 2.24) is 9.13 Å². The Balaban J connectivity index is 1.30. The summed E-state index contributed by atoms with van der Waals surface area (Å²) in [6.45, 7) is 0. The van der Waals surface area contributed by atoms with E-state index in [-0.39, 0.29) is 0 Å². The molecule has 0 unspecified atom stereocenters. The van der Waals surface area contributed by atoms with Crippen LogP contribution >= 0.6 is 0 Å². The van der Waals surface area contributed by atoms with E-state index in [9.17, 15) is 0 Å². The van der Waals surface area contributed by atoms with E-state index >= 15 is 0 Å². The number of furan rings is 1. The summed E-state index contributed by atoms with van der Waals surface area (Å²) in [5.41, 5.74) is 14.1. The fraction of sp³-hybridized carbons (Fsp3) is 0. The minimum absolute atomic E-state index is 0.906. The van der Waals surface area contributed by atoms with E-state index in [0.29, 0.717) is 0 Å². The van der Waals surface area contributed by atoms with Crippen LogP contribution < -0.4 is 0 Å². The molecular weight excluding hydrogens is 645 g/mol. The van der Waals surface area contributed by atoms with Crippen LogP contribution in [0.15, 0.2) is 174 Å². The second-order valence-electron chi connectivity index (χ2n) is 14.4. The highest BCUT2D eigenvalue weighted by molar-refractivity contribution is 6.32. The van der Waals surface area contributed by atoms with Crippen molar-refractivity contribution >= 4 is 87.1 Å². The highest BCUT2D eigenvalue weighted by atomic mass is 16.3. The highest BCUT2D eigenvalue weighted by Crippen LogP contribution is 2.51. The molecular formula is C50H28N2O. The smallest absolute Gasteiger partial charge is 0.136 e. The minimum atomic E-state index is 0.906. The third-order valence-electron chi connectivity index (χ3n) is 11.8. The largest absolute Gasteiger partial charge is 0.456 e. The zero-order valence-electron chi connectivity index (χ0n) is 28.5. The van der Waals surface area contributed by atoms with Gasteiger partial charge in [0.05, 0.1) is 33.4 Å². The molecule has 0 aliphatic heterocycles. The van der Waals surface area contributed by atoms with Crippen LogP contribution in [0.5, 0.6) is 0 Å². The van der Waals surface area contributed by atoms with Crippen LogP contribution in [0.2, 0.25) is 0 Å². The van der Waals surface area contributed by atoms with Gasteiger partial charge in [-0.3, -0.25) is 0 Å². The van der Waals surface area contributed by atoms with Gasteiger partial charge in [0.15, 0.2) is 0 Å². The molecule has 0 fully saturated rings. The van der Waals surface area contributed by atoms with Crippen molar-refractivity contribution in [3.05, 3.63) is 170 Å². The topological polar surface area (TPSA) is 23.0 Å². The predicted molar refractivity (Wildman–Crippen MR) is 222 cm³/mol. The van der Waals surface area contributed by atoms with E-state index in [1.807, 2.05) is 0 Å². The molecule has 0 spiro atoms. The van der Waals surface area contributed by atoms with Gasteiger partial charge in [0.1, 0.15) is 11.2 Å². The third-order valence-corrected chi connectivity index (χ3v) is 11.8. The first-order valence-electron chi connectivity index (χ1n) is 18.3. The molecule has 3 heterocycles. The van der Waals surface area contributed by atoms with Crippen LogP contribution in [0, 0.1) is 0 Å². The second kappa shape index (κ2) is 9.81. The maximum atomic E-state index is 6.53. The molecule has 244 valence electrons. The van der Waals surface area contributed by atoms with Crippen molar-refractivity contribution in [2.75, 3.05) is 0 Å². The molecule has 0 amide bonds. The van der Waals surface area contributed by atoms with E-state index in [1.54, 1.807) is 0 Å². The zero-order chi connectivity index (χ0) is 34.4. The maximum Gasteiger partial charge on any atom is 0.136 e. The number of benzene rings is 9. The normalized spacial score (nSPS) is 12.5. The quantitative estimate of drug-likeness (QED) is 0.179. The Morgan fingerprint density at radius 1 is 0.302 bits per heavy atom. The Morgan fingerprint density at radius 2 is 0.925 bits per heavy atom. The minimum Gasteiger partial charge on any atom is -0.456 e. The van der Waals surface area contributed by atoms with Gasteiger partial charge in [-0.15, -0.1) is 0 Å². The zero-order valence-corrected chi connectivity index (χ0v) is 28.5. The average Bonchev–Trinajstić information content (AvgIpc) is 3.95. The van der Waals surface area contributed by atoms with E-state index in [2.05, 4.69) is 179 Å². The number of rotatable bonds is 2. The maximum absolute atomic E-state index is 6.53. The number of nitrogens with zero attached hydrogens (tertiary/aromatic N) is 2. The van der Waals surface area contributed by atoms with Crippen LogP contribution in [-0.4, -0.2) is 9.13 Å². The summed E-state index contributed by atoms with van der Waals surface area (Å²) in [7, 11) is 0. The number of aromatic nitrogens is 2. The van der Waals surface area contributed by atoms with Gasteiger partial charge in [0.2, 0.25) is 0 Å². The summed E-state index contributed by atoms with van der Waals surface area (Å²) < 4.78 is 11.6. The molecule has 0 radical (unpaired) electrons. The molecule has 3 heteroatoms. The summed E-state index contributed by atoms with van der Waals surface area (Å²) >= 11 is 0. The van der Waals surface area contributed by atoms with Crippen molar-refractivity contribution in [2.24, 2.45) is 0 Å². The van der Waals surface area contributed by atoms with E-state index in [1.165, 1.54) is 93.3 Å². The molecule has 1 aliphatic rings. The van der Waals surface area contributed by atoms with E-state index in [4.69, 9.17) is 4.42 Å². The summed E-state index contributed by atoms with van der Waals surface area (Å²) in [5, 5.41) is 12.2. The molecule has 3 nitrogen and oxygen atoms in total. The standard InChI is InChI=1S/C50H28N2O/c1-2-13-30-29(11-1)12-9-21-40(30)51-41-20-7-5-16-33(41)36-23-24-39-47-43(27-28-45-48(47)38-17-6-8-22-44(38)53-45)52(50(39)49(36)51)42-26-25-35-32-15-4-3-14-31(32)34-18-10-19-37(42)46(34)35/h1-28H. The van der Waals surface area contributed by atoms with Crippen molar-refractivity contribution < 1.29 is 4.42 Å². The van der Waals surface area contributed by atoms with E-state index < -0.39 is 0 Å². The first kappa shape index (κ1) is 27.6. The lowest BCUT2D eigenvalue weighted by Crippen LogP contribution is -2.00. The molecule has 0 bridgehead atoms. The summed E-state index contributed by atoms with van der Waals surface area (Å²) in [4.78, 5) is 0. The molecule has 53 heavy (non-hydrogen) atoms. The average molecular weight is 673 g/mol. The molecule has 1 aliphatic carbocycles. The third kappa shape index (κ3) is 3.40. The Hall–Kier alpha value is -7.10.